The van der Waals surface area contributed by atoms with Gasteiger partial charge in [-0.2, -0.15) is 0 Å². The van der Waals surface area contributed by atoms with Crippen LogP contribution >= 0.6 is 0 Å². The third-order valence-electron chi connectivity index (χ3n) is 2.49. The van der Waals surface area contributed by atoms with E-state index in [9.17, 15) is 0 Å². The lowest BCUT2D eigenvalue weighted by Crippen LogP contribution is -2.49. The fourth-order valence-electron chi connectivity index (χ4n) is 1.52. The number of rotatable bonds is 7. The van der Waals surface area contributed by atoms with Crippen LogP contribution in [0.15, 0.2) is 0 Å². The molecule has 0 unspecified atom stereocenters. The van der Waals surface area contributed by atoms with E-state index in [1.54, 1.807) is 0 Å². The summed E-state index contributed by atoms with van der Waals surface area (Å²) in [4.78, 5) is 2.33. The Morgan fingerprint density at radius 2 is 2.15 bits per heavy atom. The van der Waals surface area contributed by atoms with Gasteiger partial charge in [0.15, 0.2) is 0 Å². The molecule has 1 heterocycles. The quantitative estimate of drug-likeness (QED) is 0.596. The van der Waals surface area contributed by atoms with Crippen LogP contribution in [0.5, 0.6) is 0 Å². The predicted molar refractivity (Wildman–Crippen MR) is 52.7 cm³/mol. The summed E-state index contributed by atoms with van der Waals surface area (Å²) in [6, 6.07) is 0. The second-order valence-electron chi connectivity index (χ2n) is 3.77. The lowest BCUT2D eigenvalue weighted by Gasteiger charge is -2.38. The van der Waals surface area contributed by atoms with Gasteiger partial charge >= 0.3 is 0 Å². The van der Waals surface area contributed by atoms with E-state index in [0.717, 1.165) is 32.8 Å². The number of unbranched alkanes of at least 4 members (excludes halogenated alkanes) is 1. The Morgan fingerprint density at radius 1 is 1.38 bits per heavy atom. The largest absolute Gasteiger partial charge is 0.396 e. The molecule has 1 N–H and O–H groups in total. The summed E-state index contributed by atoms with van der Waals surface area (Å²) in [5.74, 6) is 0.524. The molecule has 0 spiro atoms. The van der Waals surface area contributed by atoms with Crippen LogP contribution in [0, 0.1) is 5.92 Å². The zero-order valence-electron chi connectivity index (χ0n) is 8.54. The molecule has 0 aromatic heterocycles. The molecule has 0 bridgehead atoms. The average Bonchev–Trinajstić information content (AvgIpc) is 2.08. The van der Waals surface area contributed by atoms with E-state index in [0.29, 0.717) is 12.5 Å². The van der Waals surface area contributed by atoms with Crippen LogP contribution in [0.2, 0.25) is 0 Å². The minimum Gasteiger partial charge on any atom is -0.396 e. The Bertz CT molecular complexity index is 124. The monoisotopic (exact) mass is 187 g/mol. The van der Waals surface area contributed by atoms with Crippen LogP contribution in [0.4, 0.5) is 0 Å². The van der Waals surface area contributed by atoms with Gasteiger partial charge in [0.2, 0.25) is 0 Å². The molecule has 0 aromatic rings. The summed E-state index contributed by atoms with van der Waals surface area (Å²) in [6.07, 6.45) is 2.37. The Morgan fingerprint density at radius 3 is 2.77 bits per heavy atom. The van der Waals surface area contributed by atoms with E-state index in [4.69, 9.17) is 9.84 Å². The minimum absolute atomic E-state index is 0.340. The van der Waals surface area contributed by atoms with E-state index >= 15 is 0 Å². The first-order valence-electron chi connectivity index (χ1n) is 5.27. The molecule has 78 valence electrons. The average molecular weight is 187 g/mol. The molecule has 0 atom stereocenters. The number of hydrogen-bond donors (Lipinski definition) is 1. The van der Waals surface area contributed by atoms with Crippen molar-refractivity contribution in [2.45, 2.75) is 19.8 Å². The van der Waals surface area contributed by atoms with Crippen molar-refractivity contribution in [1.29, 1.82) is 0 Å². The number of likely N-dealkylation sites (tertiary alicyclic amines) is 1. The second-order valence-corrected chi connectivity index (χ2v) is 3.77. The van der Waals surface area contributed by atoms with Gasteiger partial charge in [-0.05, 0) is 6.42 Å². The van der Waals surface area contributed by atoms with Gasteiger partial charge < -0.3 is 14.7 Å². The molecule has 0 aliphatic carbocycles. The van der Waals surface area contributed by atoms with Crippen LogP contribution in [0.3, 0.4) is 0 Å². The van der Waals surface area contributed by atoms with Crippen molar-refractivity contribution >= 4 is 0 Å². The fourth-order valence-corrected chi connectivity index (χ4v) is 1.52. The number of ether oxygens (including phenoxy) is 1. The van der Waals surface area contributed by atoms with Gasteiger partial charge in [-0.1, -0.05) is 13.3 Å². The first-order valence-corrected chi connectivity index (χ1v) is 5.27. The third kappa shape index (κ3) is 4.07. The first kappa shape index (κ1) is 11.0. The van der Waals surface area contributed by atoms with Crippen molar-refractivity contribution in [3.8, 4) is 0 Å². The Labute approximate surface area is 80.7 Å². The SMILES string of the molecule is CCCCOCCN1CC(CO)C1. The van der Waals surface area contributed by atoms with Crippen LogP contribution in [-0.4, -0.2) is 49.5 Å². The number of aliphatic hydroxyl groups is 1. The summed E-state index contributed by atoms with van der Waals surface area (Å²) in [5.41, 5.74) is 0. The van der Waals surface area contributed by atoms with Crippen molar-refractivity contribution < 1.29 is 9.84 Å². The summed E-state index contributed by atoms with van der Waals surface area (Å²) >= 11 is 0. The minimum atomic E-state index is 0.340. The number of aliphatic hydroxyl groups excluding tert-OH is 1. The molecule has 1 saturated heterocycles. The Balaban J connectivity index is 1.80. The lowest BCUT2D eigenvalue weighted by molar-refractivity contribution is 0.0238. The molecule has 0 amide bonds. The fraction of sp³-hybridized carbons (Fsp3) is 1.00. The van der Waals surface area contributed by atoms with E-state index in [1.807, 2.05) is 0 Å². The van der Waals surface area contributed by atoms with Gasteiger partial charge in [0.05, 0.1) is 6.61 Å². The van der Waals surface area contributed by atoms with Crippen LogP contribution in [0.25, 0.3) is 0 Å². The van der Waals surface area contributed by atoms with Crippen LogP contribution < -0.4 is 0 Å². The maximum atomic E-state index is 8.79. The van der Waals surface area contributed by atoms with E-state index in [-0.39, 0.29) is 0 Å². The standard InChI is InChI=1S/C10H21NO2/c1-2-3-5-13-6-4-11-7-10(8-11)9-12/h10,12H,2-9H2,1H3. The van der Waals surface area contributed by atoms with Crippen molar-refractivity contribution in [2.75, 3.05) is 39.5 Å². The highest BCUT2D eigenvalue weighted by atomic mass is 16.5. The lowest BCUT2D eigenvalue weighted by atomic mass is 10.0. The maximum Gasteiger partial charge on any atom is 0.0593 e. The van der Waals surface area contributed by atoms with Gasteiger partial charge in [-0.3, -0.25) is 0 Å². The first-order chi connectivity index (χ1) is 6.36. The third-order valence-corrected chi connectivity index (χ3v) is 2.49. The van der Waals surface area contributed by atoms with E-state index in [2.05, 4.69) is 11.8 Å². The Hall–Kier alpha value is -0.120. The molecule has 3 nitrogen and oxygen atoms in total. The molecule has 1 fully saturated rings. The highest BCUT2D eigenvalue weighted by Crippen LogP contribution is 2.13. The van der Waals surface area contributed by atoms with Crippen molar-refractivity contribution in [3.05, 3.63) is 0 Å². The van der Waals surface area contributed by atoms with Crippen molar-refractivity contribution in [1.82, 2.24) is 4.90 Å². The summed E-state index contributed by atoms with van der Waals surface area (Å²) < 4.78 is 5.45. The number of hydrogen-bond acceptors (Lipinski definition) is 3. The molecule has 0 saturated carbocycles. The van der Waals surface area contributed by atoms with Gasteiger partial charge in [0.1, 0.15) is 0 Å². The van der Waals surface area contributed by atoms with Crippen molar-refractivity contribution in [2.24, 2.45) is 5.92 Å². The Kier molecular flexibility index (Phi) is 5.35. The molecule has 3 heteroatoms. The summed E-state index contributed by atoms with van der Waals surface area (Å²) in [7, 11) is 0. The predicted octanol–water partition coefficient (Wildman–Crippen LogP) is 0.727. The number of nitrogens with zero attached hydrogens (tertiary/aromatic N) is 1. The van der Waals surface area contributed by atoms with Gasteiger partial charge in [-0.15, -0.1) is 0 Å². The molecular weight excluding hydrogens is 166 g/mol. The van der Waals surface area contributed by atoms with Crippen LogP contribution in [0.1, 0.15) is 19.8 Å². The molecule has 0 radical (unpaired) electrons. The van der Waals surface area contributed by atoms with E-state index in [1.165, 1.54) is 12.8 Å². The van der Waals surface area contributed by atoms with Crippen molar-refractivity contribution in [3.63, 3.8) is 0 Å². The molecule has 1 aliphatic rings. The van der Waals surface area contributed by atoms with Gasteiger partial charge in [0.25, 0.3) is 0 Å². The highest BCUT2D eigenvalue weighted by Gasteiger charge is 2.24. The smallest absolute Gasteiger partial charge is 0.0593 e. The normalized spacial score (nSPS) is 18.9. The molecule has 1 aliphatic heterocycles. The maximum absolute atomic E-state index is 8.79. The second kappa shape index (κ2) is 6.35. The molecular formula is C10H21NO2. The van der Waals surface area contributed by atoms with E-state index < -0.39 is 0 Å². The van der Waals surface area contributed by atoms with Crippen LogP contribution in [-0.2, 0) is 4.74 Å². The molecule has 0 aromatic carbocycles. The molecule has 13 heavy (non-hydrogen) atoms. The topological polar surface area (TPSA) is 32.7 Å². The zero-order valence-corrected chi connectivity index (χ0v) is 8.54. The van der Waals surface area contributed by atoms with Gasteiger partial charge in [-0.25, -0.2) is 0 Å². The van der Waals surface area contributed by atoms with Gasteiger partial charge in [0, 0.05) is 38.8 Å². The zero-order chi connectivity index (χ0) is 9.52. The highest BCUT2D eigenvalue weighted by molar-refractivity contribution is 4.78. The summed E-state index contributed by atoms with van der Waals surface area (Å²) in [5, 5.41) is 8.79. The summed E-state index contributed by atoms with van der Waals surface area (Å²) in [6.45, 7) is 7.38. The molecule has 1 rings (SSSR count).